The van der Waals surface area contributed by atoms with Crippen molar-refractivity contribution in [3.8, 4) is 0 Å². The van der Waals surface area contributed by atoms with Crippen molar-refractivity contribution in [2.45, 2.75) is 32.7 Å². The molecule has 6 nitrogen and oxygen atoms in total. The van der Waals surface area contributed by atoms with Crippen LogP contribution in [-0.4, -0.2) is 59.3 Å². The minimum Gasteiger partial charge on any atom is -0.351 e. The number of aromatic nitrogens is 1. The Morgan fingerprint density at radius 2 is 1.74 bits per heavy atom. The third kappa shape index (κ3) is 4.82. The van der Waals surface area contributed by atoms with Gasteiger partial charge < -0.3 is 10.2 Å². The summed E-state index contributed by atoms with van der Waals surface area (Å²) in [6.45, 7) is 5.82. The average Bonchev–Trinajstić information content (AvgIpc) is 2.87. The molecule has 0 bridgehead atoms. The number of para-hydroxylation sites is 1. The van der Waals surface area contributed by atoms with Gasteiger partial charge in [0.25, 0.3) is 5.91 Å². The summed E-state index contributed by atoms with van der Waals surface area (Å²) in [4.78, 5) is 35.2. The number of carbonyl (C=O) groups is 2. The molecule has 1 N–H and O–H groups in total. The standard InChI is InChI=1S/C28H32N4O2/c1-20-11-12-25-23(17-20)27(22-9-5-6-10-24(22)30-25)28(34)32-15-13-31(14-16-32)19-26(33)29-18-21-7-3-2-4-8-21/h2-10,20H,11-19H2,1H3,(H,29,33)/t20-/m1/s1. The van der Waals surface area contributed by atoms with Gasteiger partial charge in [-0.05, 0) is 42.4 Å². The van der Waals surface area contributed by atoms with E-state index in [-0.39, 0.29) is 11.8 Å². The van der Waals surface area contributed by atoms with Gasteiger partial charge in [0.05, 0.1) is 17.6 Å². The monoisotopic (exact) mass is 456 g/mol. The van der Waals surface area contributed by atoms with Crippen LogP contribution in [-0.2, 0) is 24.2 Å². The van der Waals surface area contributed by atoms with Crippen LogP contribution < -0.4 is 5.32 Å². The molecular formula is C28H32N4O2. The van der Waals surface area contributed by atoms with E-state index in [1.165, 1.54) is 0 Å². The molecule has 2 heterocycles. The second kappa shape index (κ2) is 9.94. The molecule has 1 aliphatic carbocycles. The van der Waals surface area contributed by atoms with Crippen molar-refractivity contribution in [2.24, 2.45) is 5.92 Å². The molecule has 2 aliphatic rings. The first-order chi connectivity index (χ1) is 16.6. The zero-order valence-corrected chi connectivity index (χ0v) is 19.8. The van der Waals surface area contributed by atoms with Crippen molar-refractivity contribution < 1.29 is 9.59 Å². The summed E-state index contributed by atoms with van der Waals surface area (Å²) >= 11 is 0. The Kier molecular flexibility index (Phi) is 6.59. The lowest BCUT2D eigenvalue weighted by molar-refractivity contribution is -0.122. The highest BCUT2D eigenvalue weighted by atomic mass is 16.2. The Hall–Kier alpha value is -3.25. The van der Waals surface area contributed by atoms with Crippen LogP contribution in [0.3, 0.4) is 0 Å². The van der Waals surface area contributed by atoms with Gasteiger partial charge in [0.2, 0.25) is 5.91 Å². The van der Waals surface area contributed by atoms with Gasteiger partial charge in [-0.3, -0.25) is 19.5 Å². The number of nitrogens with one attached hydrogen (secondary N) is 1. The van der Waals surface area contributed by atoms with E-state index in [1.807, 2.05) is 59.5 Å². The second-order valence-corrected chi connectivity index (χ2v) is 9.61. The highest BCUT2D eigenvalue weighted by Gasteiger charge is 2.29. The summed E-state index contributed by atoms with van der Waals surface area (Å²) in [5.74, 6) is 0.692. The van der Waals surface area contributed by atoms with Crippen LogP contribution in [0.4, 0.5) is 0 Å². The number of hydrogen-bond acceptors (Lipinski definition) is 4. The molecule has 2 amide bonds. The number of nitrogens with zero attached hydrogens (tertiary/aromatic N) is 3. The fourth-order valence-electron chi connectivity index (χ4n) is 5.13. The molecule has 34 heavy (non-hydrogen) atoms. The van der Waals surface area contributed by atoms with Crippen LogP contribution in [0.5, 0.6) is 0 Å². The third-order valence-corrected chi connectivity index (χ3v) is 7.08. The fraction of sp³-hybridized carbons (Fsp3) is 0.393. The van der Waals surface area contributed by atoms with E-state index in [9.17, 15) is 9.59 Å². The molecule has 1 saturated heterocycles. The number of benzene rings is 2. The van der Waals surface area contributed by atoms with E-state index in [4.69, 9.17) is 4.98 Å². The summed E-state index contributed by atoms with van der Waals surface area (Å²) in [5.41, 5.74) is 5.08. The van der Waals surface area contributed by atoms with E-state index in [1.54, 1.807) is 0 Å². The summed E-state index contributed by atoms with van der Waals surface area (Å²) in [5, 5.41) is 3.96. The first-order valence-electron chi connectivity index (χ1n) is 12.3. The summed E-state index contributed by atoms with van der Waals surface area (Å²) in [6, 6.07) is 18.0. The predicted molar refractivity (Wildman–Crippen MR) is 134 cm³/mol. The van der Waals surface area contributed by atoms with Crippen molar-refractivity contribution in [3.63, 3.8) is 0 Å². The summed E-state index contributed by atoms with van der Waals surface area (Å²) < 4.78 is 0. The normalized spacial score (nSPS) is 18.5. The van der Waals surface area contributed by atoms with E-state index < -0.39 is 0 Å². The molecule has 5 rings (SSSR count). The highest BCUT2D eigenvalue weighted by molar-refractivity contribution is 6.07. The lowest BCUT2D eigenvalue weighted by Gasteiger charge is -2.35. The first kappa shape index (κ1) is 22.5. The molecule has 1 fully saturated rings. The van der Waals surface area contributed by atoms with Gasteiger partial charge in [0.1, 0.15) is 0 Å². The lowest BCUT2D eigenvalue weighted by atomic mass is 9.83. The van der Waals surface area contributed by atoms with Crippen LogP contribution in [0, 0.1) is 5.92 Å². The smallest absolute Gasteiger partial charge is 0.254 e. The maximum absolute atomic E-state index is 13.8. The SMILES string of the molecule is C[C@@H]1CCc2nc3ccccc3c(C(=O)N3CCN(CC(=O)NCc4ccccc4)CC3)c2C1. The summed E-state index contributed by atoms with van der Waals surface area (Å²) in [7, 11) is 0. The Bertz CT molecular complexity index is 1190. The Morgan fingerprint density at radius 1 is 1.00 bits per heavy atom. The van der Waals surface area contributed by atoms with Gasteiger partial charge >= 0.3 is 0 Å². The number of pyridine rings is 1. The van der Waals surface area contributed by atoms with Gasteiger partial charge in [-0.25, -0.2) is 0 Å². The number of aryl methyl sites for hydroxylation is 1. The zero-order valence-electron chi connectivity index (χ0n) is 19.8. The molecule has 0 unspecified atom stereocenters. The van der Waals surface area contributed by atoms with E-state index in [0.29, 0.717) is 45.2 Å². The molecule has 6 heteroatoms. The molecule has 176 valence electrons. The van der Waals surface area contributed by atoms with E-state index >= 15 is 0 Å². The molecule has 1 aliphatic heterocycles. The number of rotatable bonds is 5. The minimum absolute atomic E-state index is 0.0202. The van der Waals surface area contributed by atoms with Crippen molar-refractivity contribution >= 4 is 22.7 Å². The van der Waals surface area contributed by atoms with Gasteiger partial charge in [-0.2, -0.15) is 0 Å². The molecule has 0 spiro atoms. The molecule has 1 aromatic heterocycles. The van der Waals surface area contributed by atoms with Crippen LogP contribution in [0.25, 0.3) is 10.9 Å². The zero-order chi connectivity index (χ0) is 23.5. The van der Waals surface area contributed by atoms with Crippen molar-refractivity contribution in [1.29, 1.82) is 0 Å². The maximum atomic E-state index is 13.8. The van der Waals surface area contributed by atoms with Crippen LogP contribution in [0.15, 0.2) is 54.6 Å². The van der Waals surface area contributed by atoms with E-state index in [2.05, 4.69) is 17.1 Å². The molecule has 1 atom stereocenters. The lowest BCUT2D eigenvalue weighted by Crippen LogP contribution is -2.51. The number of fused-ring (bicyclic) bond motifs is 2. The van der Waals surface area contributed by atoms with Crippen LogP contribution in [0.1, 0.15) is 40.5 Å². The van der Waals surface area contributed by atoms with Crippen molar-refractivity contribution in [2.75, 3.05) is 32.7 Å². The average molecular weight is 457 g/mol. The highest BCUT2D eigenvalue weighted by Crippen LogP contribution is 2.32. The first-order valence-corrected chi connectivity index (χ1v) is 12.3. The maximum Gasteiger partial charge on any atom is 0.254 e. The Labute approximate surface area is 201 Å². The van der Waals surface area contributed by atoms with Crippen LogP contribution in [0.2, 0.25) is 0 Å². The quantitative estimate of drug-likeness (QED) is 0.639. The molecule has 2 aromatic carbocycles. The van der Waals surface area contributed by atoms with Crippen molar-refractivity contribution in [3.05, 3.63) is 77.0 Å². The van der Waals surface area contributed by atoms with Crippen molar-refractivity contribution in [1.82, 2.24) is 20.1 Å². The number of hydrogen-bond donors (Lipinski definition) is 1. The second-order valence-electron chi connectivity index (χ2n) is 9.61. The Morgan fingerprint density at radius 3 is 2.53 bits per heavy atom. The molecule has 0 radical (unpaired) electrons. The molecular weight excluding hydrogens is 424 g/mol. The predicted octanol–water partition coefficient (Wildman–Crippen LogP) is 3.43. The Balaban J connectivity index is 1.25. The number of amides is 2. The van der Waals surface area contributed by atoms with Gasteiger partial charge in [0, 0.05) is 43.8 Å². The summed E-state index contributed by atoms with van der Waals surface area (Å²) in [6.07, 6.45) is 2.97. The van der Waals surface area contributed by atoms with Gasteiger partial charge in [0.15, 0.2) is 0 Å². The number of piperazine rings is 1. The van der Waals surface area contributed by atoms with Gasteiger partial charge in [-0.15, -0.1) is 0 Å². The molecule has 0 saturated carbocycles. The largest absolute Gasteiger partial charge is 0.351 e. The van der Waals surface area contributed by atoms with E-state index in [0.717, 1.165) is 52.5 Å². The molecule has 3 aromatic rings. The number of carbonyl (C=O) groups excluding carboxylic acids is 2. The fourth-order valence-corrected chi connectivity index (χ4v) is 5.13. The minimum atomic E-state index is 0.0202. The van der Waals surface area contributed by atoms with Crippen LogP contribution >= 0.6 is 0 Å². The van der Waals surface area contributed by atoms with Gasteiger partial charge in [-0.1, -0.05) is 55.5 Å². The topological polar surface area (TPSA) is 65.5 Å². The third-order valence-electron chi connectivity index (χ3n) is 7.08.